The van der Waals surface area contributed by atoms with Crippen molar-refractivity contribution in [2.24, 2.45) is 0 Å². The van der Waals surface area contributed by atoms with Gasteiger partial charge in [-0.25, -0.2) is 8.42 Å². The van der Waals surface area contributed by atoms with Gasteiger partial charge in [-0.1, -0.05) is 19.1 Å². The lowest BCUT2D eigenvalue weighted by Gasteiger charge is -2.27. The lowest BCUT2D eigenvalue weighted by atomic mass is 10.2. The van der Waals surface area contributed by atoms with Crippen LogP contribution in [0.2, 0.25) is 0 Å². The van der Waals surface area contributed by atoms with Crippen LogP contribution >= 0.6 is 0 Å². The summed E-state index contributed by atoms with van der Waals surface area (Å²) in [5.74, 6) is 0.525. The van der Waals surface area contributed by atoms with E-state index in [-0.39, 0.29) is 24.4 Å². The lowest BCUT2D eigenvalue weighted by Crippen LogP contribution is -2.42. The highest BCUT2D eigenvalue weighted by atomic mass is 32.2. The summed E-state index contributed by atoms with van der Waals surface area (Å²) in [7, 11) is -3.29. The fourth-order valence-electron chi connectivity index (χ4n) is 2.91. The fourth-order valence-corrected chi connectivity index (χ4v) is 4.77. The van der Waals surface area contributed by atoms with Crippen molar-refractivity contribution in [3.63, 3.8) is 0 Å². The quantitative estimate of drug-likeness (QED) is 0.818. The molecule has 2 N–H and O–H groups in total. The van der Waals surface area contributed by atoms with Crippen LogP contribution < -0.4 is 10.5 Å². The van der Waals surface area contributed by atoms with Crippen molar-refractivity contribution in [1.82, 2.24) is 4.31 Å². The van der Waals surface area contributed by atoms with Gasteiger partial charge < -0.3 is 10.5 Å². The molecule has 1 aromatic rings. The molecule has 2 rings (SSSR count). The van der Waals surface area contributed by atoms with Gasteiger partial charge in [-0.15, -0.1) is 0 Å². The monoisotopic (exact) mass is 312 g/mol. The maximum absolute atomic E-state index is 12.5. The molecule has 2 unspecified atom stereocenters. The predicted molar refractivity (Wildman–Crippen MR) is 84.8 cm³/mol. The number of anilines is 1. The summed E-state index contributed by atoms with van der Waals surface area (Å²) in [6, 6.07) is 7.33. The minimum Gasteiger partial charge on any atom is -0.490 e. The number of hydrogen-bond donors (Lipinski definition) is 1. The molecule has 118 valence electrons. The zero-order chi connectivity index (χ0) is 15.5. The van der Waals surface area contributed by atoms with E-state index in [9.17, 15) is 8.42 Å². The van der Waals surface area contributed by atoms with Crippen LogP contribution in [-0.2, 0) is 10.0 Å². The van der Waals surface area contributed by atoms with Gasteiger partial charge in [-0.2, -0.15) is 4.31 Å². The maximum atomic E-state index is 12.5. The van der Waals surface area contributed by atoms with Crippen molar-refractivity contribution < 1.29 is 13.2 Å². The SMILES string of the molecule is CCC1CCC(C)N1S(=O)(=O)CCOc1ccccc1N. The van der Waals surface area contributed by atoms with Crippen LogP contribution in [0.1, 0.15) is 33.1 Å². The number of sulfonamides is 1. The number of rotatable bonds is 6. The largest absolute Gasteiger partial charge is 0.490 e. The third kappa shape index (κ3) is 3.68. The van der Waals surface area contributed by atoms with E-state index < -0.39 is 10.0 Å². The number of nitrogens with zero attached hydrogens (tertiary/aromatic N) is 1. The highest BCUT2D eigenvalue weighted by Gasteiger charge is 2.37. The van der Waals surface area contributed by atoms with Gasteiger partial charge in [0.05, 0.1) is 11.4 Å². The molecule has 1 aliphatic heterocycles. The highest BCUT2D eigenvalue weighted by molar-refractivity contribution is 7.89. The van der Waals surface area contributed by atoms with E-state index in [1.165, 1.54) is 0 Å². The highest BCUT2D eigenvalue weighted by Crippen LogP contribution is 2.29. The number of nitrogens with two attached hydrogens (primary N) is 1. The molecule has 5 nitrogen and oxygen atoms in total. The van der Waals surface area contributed by atoms with Gasteiger partial charge in [0.15, 0.2) is 0 Å². The maximum Gasteiger partial charge on any atom is 0.217 e. The normalized spacial score (nSPS) is 23.3. The number of nitrogen functional groups attached to an aromatic ring is 1. The summed E-state index contributed by atoms with van der Waals surface area (Å²) in [5.41, 5.74) is 6.30. The Morgan fingerprint density at radius 2 is 2.05 bits per heavy atom. The van der Waals surface area contributed by atoms with E-state index in [4.69, 9.17) is 10.5 Å². The Hall–Kier alpha value is -1.27. The van der Waals surface area contributed by atoms with E-state index in [1.54, 1.807) is 16.4 Å². The Balaban J connectivity index is 1.97. The van der Waals surface area contributed by atoms with Gasteiger partial charge in [-0.05, 0) is 38.3 Å². The van der Waals surface area contributed by atoms with E-state index >= 15 is 0 Å². The van der Waals surface area contributed by atoms with Crippen LogP contribution in [0, 0.1) is 0 Å². The molecule has 21 heavy (non-hydrogen) atoms. The van der Waals surface area contributed by atoms with Crippen molar-refractivity contribution in [3.05, 3.63) is 24.3 Å². The van der Waals surface area contributed by atoms with Gasteiger partial charge >= 0.3 is 0 Å². The standard InChI is InChI=1S/C15H24N2O3S/c1-3-13-9-8-12(2)17(13)21(18,19)11-10-20-15-7-5-4-6-14(15)16/h4-7,12-13H,3,8-11,16H2,1-2H3. The Morgan fingerprint density at radius 3 is 2.71 bits per heavy atom. The molecule has 0 amide bonds. The van der Waals surface area contributed by atoms with Crippen molar-refractivity contribution in [2.75, 3.05) is 18.1 Å². The first kappa shape index (κ1) is 16.1. The van der Waals surface area contributed by atoms with E-state index in [0.29, 0.717) is 11.4 Å². The van der Waals surface area contributed by atoms with Gasteiger partial charge in [0.2, 0.25) is 10.0 Å². The topological polar surface area (TPSA) is 72.6 Å². The molecule has 0 aromatic heterocycles. The van der Waals surface area contributed by atoms with Gasteiger partial charge in [0, 0.05) is 12.1 Å². The Kier molecular flexibility index (Phi) is 5.11. The third-order valence-electron chi connectivity index (χ3n) is 4.02. The van der Waals surface area contributed by atoms with Gasteiger partial charge in [0.25, 0.3) is 0 Å². The summed E-state index contributed by atoms with van der Waals surface area (Å²) in [4.78, 5) is 0. The molecule has 0 aliphatic carbocycles. The first-order valence-electron chi connectivity index (χ1n) is 7.44. The lowest BCUT2D eigenvalue weighted by molar-refractivity contribution is 0.312. The van der Waals surface area contributed by atoms with Gasteiger partial charge in [0.1, 0.15) is 12.4 Å². The fraction of sp³-hybridized carbons (Fsp3) is 0.600. The molecule has 1 saturated heterocycles. The minimum absolute atomic E-state index is 0.0117. The first-order valence-corrected chi connectivity index (χ1v) is 9.05. The number of ether oxygens (including phenoxy) is 1. The van der Waals surface area contributed by atoms with Crippen molar-refractivity contribution >= 4 is 15.7 Å². The number of benzene rings is 1. The molecule has 1 aliphatic rings. The summed E-state index contributed by atoms with van der Waals surface area (Å²) in [6.45, 7) is 4.13. The Labute approximate surface area is 127 Å². The second-order valence-electron chi connectivity index (χ2n) is 5.52. The van der Waals surface area contributed by atoms with Gasteiger partial charge in [-0.3, -0.25) is 0 Å². The molecular formula is C15H24N2O3S. The Morgan fingerprint density at radius 1 is 1.33 bits per heavy atom. The molecule has 2 atom stereocenters. The van der Waals surface area contributed by atoms with Crippen LogP contribution in [0.25, 0.3) is 0 Å². The molecule has 6 heteroatoms. The van der Waals surface area contributed by atoms with Crippen LogP contribution in [0.15, 0.2) is 24.3 Å². The van der Waals surface area contributed by atoms with Crippen LogP contribution in [-0.4, -0.2) is 37.2 Å². The van der Waals surface area contributed by atoms with E-state index in [2.05, 4.69) is 0 Å². The molecule has 1 heterocycles. The zero-order valence-electron chi connectivity index (χ0n) is 12.7. The van der Waals surface area contributed by atoms with E-state index in [0.717, 1.165) is 19.3 Å². The number of para-hydroxylation sites is 2. The van der Waals surface area contributed by atoms with Crippen molar-refractivity contribution in [3.8, 4) is 5.75 Å². The molecule has 1 fully saturated rings. The molecule has 0 saturated carbocycles. The third-order valence-corrected chi connectivity index (χ3v) is 6.01. The average molecular weight is 312 g/mol. The Bertz CT molecular complexity index is 574. The van der Waals surface area contributed by atoms with Crippen molar-refractivity contribution in [2.45, 2.75) is 45.2 Å². The zero-order valence-corrected chi connectivity index (χ0v) is 13.5. The first-order chi connectivity index (χ1) is 9.95. The van der Waals surface area contributed by atoms with E-state index in [1.807, 2.05) is 26.0 Å². The smallest absolute Gasteiger partial charge is 0.217 e. The van der Waals surface area contributed by atoms with Crippen LogP contribution in [0.5, 0.6) is 5.75 Å². The summed E-state index contributed by atoms with van der Waals surface area (Å²) >= 11 is 0. The van der Waals surface area contributed by atoms with Crippen molar-refractivity contribution in [1.29, 1.82) is 0 Å². The second kappa shape index (κ2) is 6.66. The van der Waals surface area contributed by atoms with Crippen LogP contribution in [0.3, 0.4) is 0 Å². The predicted octanol–water partition coefficient (Wildman–Crippen LogP) is 2.24. The second-order valence-corrected chi connectivity index (χ2v) is 7.51. The summed E-state index contributed by atoms with van der Waals surface area (Å²) < 4.78 is 32.2. The molecular weight excluding hydrogens is 288 g/mol. The molecule has 0 spiro atoms. The average Bonchev–Trinajstić information content (AvgIpc) is 2.83. The minimum atomic E-state index is -3.29. The molecule has 0 radical (unpaired) electrons. The molecule has 0 bridgehead atoms. The summed E-state index contributed by atoms with van der Waals surface area (Å²) in [5, 5.41) is 0. The number of hydrogen-bond acceptors (Lipinski definition) is 4. The summed E-state index contributed by atoms with van der Waals surface area (Å²) in [6.07, 6.45) is 2.74. The van der Waals surface area contributed by atoms with Crippen LogP contribution in [0.4, 0.5) is 5.69 Å². The molecule has 1 aromatic carbocycles.